The lowest BCUT2D eigenvalue weighted by molar-refractivity contribution is -0.123. The van der Waals surface area contributed by atoms with Crippen LogP contribution in [0, 0.1) is 12.7 Å². The predicted octanol–water partition coefficient (Wildman–Crippen LogP) is 5.95. The molecule has 2 unspecified atom stereocenters. The van der Waals surface area contributed by atoms with Crippen molar-refractivity contribution in [2.45, 2.75) is 43.9 Å². The third-order valence-electron chi connectivity index (χ3n) is 8.76. The summed E-state index contributed by atoms with van der Waals surface area (Å²) >= 11 is 0. The van der Waals surface area contributed by atoms with Crippen molar-refractivity contribution in [3.63, 3.8) is 0 Å². The zero-order chi connectivity index (χ0) is 32.5. The minimum atomic E-state index is -0.661. The number of likely N-dealkylation sites (N-methyl/N-ethyl adjacent to an activating group) is 1. The van der Waals surface area contributed by atoms with Crippen molar-refractivity contribution in [1.82, 2.24) is 25.6 Å². The summed E-state index contributed by atoms with van der Waals surface area (Å²) in [6, 6.07) is 21.0. The van der Waals surface area contributed by atoms with Crippen molar-refractivity contribution in [2.75, 3.05) is 7.05 Å². The number of fused-ring (bicyclic) bond motifs is 1. The number of nitrogens with one attached hydrogen (secondary N) is 2. The monoisotopic (exact) mass is 629 g/mol. The highest BCUT2D eigenvalue weighted by atomic mass is 19.1. The first-order valence-electron chi connectivity index (χ1n) is 15.4. The molecule has 9 nitrogen and oxygen atoms in total. The normalized spacial score (nSPS) is 17.3. The van der Waals surface area contributed by atoms with Crippen LogP contribution in [0.3, 0.4) is 0 Å². The molecule has 2 aliphatic rings. The Bertz CT molecular complexity index is 1950. The van der Waals surface area contributed by atoms with Crippen LogP contribution in [0.5, 0.6) is 11.5 Å². The number of aryl methyl sites for hydroxylation is 1. The second-order valence-corrected chi connectivity index (χ2v) is 11.8. The molecule has 10 heteroatoms. The van der Waals surface area contributed by atoms with Gasteiger partial charge in [-0.2, -0.15) is 0 Å². The predicted molar refractivity (Wildman–Crippen MR) is 172 cm³/mol. The Balaban J connectivity index is 1.26. The number of amides is 2. The summed E-state index contributed by atoms with van der Waals surface area (Å²) in [7, 11) is 1.58. The van der Waals surface area contributed by atoms with Crippen LogP contribution in [0.1, 0.15) is 63.3 Å². The third-order valence-corrected chi connectivity index (χ3v) is 8.76. The molecule has 0 radical (unpaired) electrons. The molecule has 1 aliphatic carbocycles. The molecule has 3 heterocycles. The highest BCUT2D eigenvalue weighted by Crippen LogP contribution is 2.48. The zero-order valence-corrected chi connectivity index (χ0v) is 25.9. The number of halogens is 1. The number of ether oxygens (including phenoxy) is 2. The molecule has 1 saturated carbocycles. The Morgan fingerprint density at radius 1 is 1.00 bits per heavy atom. The van der Waals surface area contributed by atoms with Crippen LogP contribution in [0.25, 0.3) is 11.1 Å². The van der Waals surface area contributed by atoms with Crippen LogP contribution in [0.4, 0.5) is 4.39 Å². The molecule has 0 saturated heterocycles. The molecule has 0 spiro atoms. The fourth-order valence-electron chi connectivity index (χ4n) is 6.13. The van der Waals surface area contributed by atoms with Gasteiger partial charge in [0.25, 0.3) is 5.91 Å². The number of hydrogen-bond acceptors (Lipinski definition) is 7. The van der Waals surface area contributed by atoms with E-state index in [0.717, 1.165) is 35.2 Å². The number of pyridine rings is 1. The van der Waals surface area contributed by atoms with Gasteiger partial charge in [-0.15, -0.1) is 0 Å². The topological polar surface area (TPSA) is 115 Å². The molecule has 236 valence electrons. The van der Waals surface area contributed by atoms with Gasteiger partial charge in [-0.1, -0.05) is 24.3 Å². The molecule has 5 aromatic rings. The molecule has 3 aromatic carbocycles. The van der Waals surface area contributed by atoms with Crippen molar-refractivity contribution in [3.8, 4) is 22.6 Å². The lowest BCUT2D eigenvalue weighted by atomic mass is 9.88. The van der Waals surface area contributed by atoms with Crippen LogP contribution < -0.4 is 20.1 Å². The van der Waals surface area contributed by atoms with E-state index in [-0.39, 0.29) is 24.2 Å². The molecule has 47 heavy (non-hydrogen) atoms. The fourth-order valence-corrected chi connectivity index (χ4v) is 6.13. The van der Waals surface area contributed by atoms with E-state index in [9.17, 15) is 14.0 Å². The lowest BCUT2D eigenvalue weighted by Crippen LogP contribution is -2.35. The van der Waals surface area contributed by atoms with Gasteiger partial charge in [-0.3, -0.25) is 24.5 Å². The smallest absolute Gasteiger partial charge is 0.255 e. The van der Waals surface area contributed by atoms with Crippen molar-refractivity contribution in [2.24, 2.45) is 0 Å². The average molecular weight is 630 g/mol. The maximum atomic E-state index is 14.0. The minimum absolute atomic E-state index is 0.132. The number of rotatable bonds is 9. The summed E-state index contributed by atoms with van der Waals surface area (Å²) in [5.74, 6) is -0.546. The second-order valence-electron chi connectivity index (χ2n) is 11.8. The third kappa shape index (κ3) is 5.90. The number of nitrogens with zero attached hydrogens (tertiary/aromatic N) is 3. The molecule has 2 amide bonds. The molecule has 1 aliphatic heterocycles. The van der Waals surface area contributed by atoms with E-state index >= 15 is 0 Å². The summed E-state index contributed by atoms with van der Waals surface area (Å²) in [4.78, 5) is 40.2. The summed E-state index contributed by atoms with van der Waals surface area (Å²) in [6.45, 7) is 2.08. The first-order valence-corrected chi connectivity index (χ1v) is 15.4. The van der Waals surface area contributed by atoms with Crippen molar-refractivity contribution in [3.05, 3.63) is 137 Å². The summed E-state index contributed by atoms with van der Waals surface area (Å²) in [6.07, 6.45) is 7.47. The van der Waals surface area contributed by atoms with Gasteiger partial charge in [0.2, 0.25) is 5.91 Å². The largest absolute Gasteiger partial charge is 0.486 e. The summed E-state index contributed by atoms with van der Waals surface area (Å²) in [5, 5.41) is 5.98. The number of hydrogen-bond donors (Lipinski definition) is 2. The molecule has 2 N–H and O–H groups in total. The van der Waals surface area contributed by atoms with Crippen LogP contribution in [0.15, 0.2) is 97.6 Å². The Kier molecular flexibility index (Phi) is 7.85. The highest BCUT2D eigenvalue weighted by Gasteiger charge is 2.47. The van der Waals surface area contributed by atoms with E-state index in [1.165, 1.54) is 12.1 Å². The van der Waals surface area contributed by atoms with E-state index in [2.05, 4.69) is 25.6 Å². The van der Waals surface area contributed by atoms with Crippen LogP contribution in [0.2, 0.25) is 0 Å². The van der Waals surface area contributed by atoms with Gasteiger partial charge in [0.1, 0.15) is 35.9 Å². The number of carbonyl (C=O) groups is 2. The van der Waals surface area contributed by atoms with Gasteiger partial charge in [-0.25, -0.2) is 4.39 Å². The molecule has 7 rings (SSSR count). The Morgan fingerprint density at radius 3 is 2.53 bits per heavy atom. The molecule has 2 aromatic heterocycles. The number of benzene rings is 3. The molecule has 1 fully saturated rings. The fraction of sp³-hybridized carbons (Fsp3) is 0.216. The molecule has 2 atom stereocenters. The van der Waals surface area contributed by atoms with Gasteiger partial charge in [0.15, 0.2) is 0 Å². The SMILES string of the molecule is CNC(=O)C1c2cc(-c3cc(C(=O)NC4(c5ccccn5)CC4)c(OCc4cnccn4)cc3C)ccc2OC1c1ccc(F)cc1. The van der Waals surface area contributed by atoms with Gasteiger partial charge in [0, 0.05) is 31.2 Å². The maximum Gasteiger partial charge on any atom is 0.255 e. The van der Waals surface area contributed by atoms with Gasteiger partial charge >= 0.3 is 0 Å². The van der Waals surface area contributed by atoms with E-state index in [1.807, 2.05) is 55.5 Å². The van der Waals surface area contributed by atoms with Crippen molar-refractivity contribution < 1.29 is 23.5 Å². The summed E-state index contributed by atoms with van der Waals surface area (Å²) < 4.78 is 26.2. The first-order chi connectivity index (χ1) is 22.8. The maximum absolute atomic E-state index is 14.0. The van der Waals surface area contributed by atoms with E-state index in [4.69, 9.17) is 9.47 Å². The van der Waals surface area contributed by atoms with E-state index in [1.54, 1.807) is 44.0 Å². The van der Waals surface area contributed by atoms with E-state index < -0.39 is 17.6 Å². The van der Waals surface area contributed by atoms with Crippen LogP contribution in [-0.2, 0) is 16.9 Å². The number of carbonyl (C=O) groups excluding carboxylic acids is 2. The van der Waals surface area contributed by atoms with Gasteiger partial charge in [0.05, 0.1) is 28.7 Å². The Hall–Kier alpha value is -5.64. The standard InChI is InChI=1S/C37H32FN5O4/c1-22-17-31(46-21-26-20-40-15-16-41-26)29(35(44)43-37(12-13-37)32-5-3-4-14-42-32)19-27(22)24-8-11-30-28(18-24)33(36(45)39-2)34(47-30)23-6-9-25(38)10-7-23/h3-11,14-20,33-34H,12-13,21H2,1-2H3,(H,39,45)(H,43,44). The van der Waals surface area contributed by atoms with Crippen LogP contribution >= 0.6 is 0 Å². The molecular formula is C37H32FN5O4. The van der Waals surface area contributed by atoms with Gasteiger partial charge < -0.3 is 20.1 Å². The molecule has 0 bridgehead atoms. The minimum Gasteiger partial charge on any atom is -0.486 e. The second kappa shape index (κ2) is 12.3. The van der Waals surface area contributed by atoms with E-state index in [0.29, 0.717) is 33.9 Å². The Morgan fingerprint density at radius 2 is 1.83 bits per heavy atom. The zero-order valence-electron chi connectivity index (χ0n) is 25.9. The number of aromatic nitrogens is 3. The average Bonchev–Trinajstić information content (AvgIpc) is 3.79. The van der Waals surface area contributed by atoms with Crippen molar-refractivity contribution in [1.29, 1.82) is 0 Å². The highest BCUT2D eigenvalue weighted by molar-refractivity contribution is 5.99. The Labute approximate surface area is 271 Å². The quantitative estimate of drug-likeness (QED) is 0.207. The van der Waals surface area contributed by atoms with Crippen LogP contribution in [-0.4, -0.2) is 33.8 Å². The lowest BCUT2D eigenvalue weighted by Gasteiger charge is -2.20. The first kappa shape index (κ1) is 30.0. The van der Waals surface area contributed by atoms with Crippen molar-refractivity contribution >= 4 is 11.8 Å². The molecular weight excluding hydrogens is 597 g/mol. The summed E-state index contributed by atoms with van der Waals surface area (Å²) in [5.41, 5.74) is 5.14. The van der Waals surface area contributed by atoms with Gasteiger partial charge in [-0.05, 0) is 90.6 Å².